The molecule has 1 aliphatic rings. The van der Waals surface area contributed by atoms with Gasteiger partial charge in [-0.2, -0.15) is 0 Å². The van der Waals surface area contributed by atoms with Crippen LogP contribution >= 0.6 is 11.3 Å². The number of benzene rings is 2. The summed E-state index contributed by atoms with van der Waals surface area (Å²) in [5.41, 5.74) is 4.28. The van der Waals surface area contributed by atoms with Crippen molar-refractivity contribution in [3.63, 3.8) is 0 Å². The van der Waals surface area contributed by atoms with Crippen molar-refractivity contribution < 1.29 is 19.4 Å². The number of aliphatic carboxylic acids is 1. The van der Waals surface area contributed by atoms with E-state index in [1.54, 1.807) is 19.1 Å². The number of hydrogen-bond acceptors (Lipinski definition) is 5. The fourth-order valence-electron chi connectivity index (χ4n) is 3.76. The maximum absolute atomic E-state index is 13.1. The first-order chi connectivity index (χ1) is 14.8. The van der Waals surface area contributed by atoms with Gasteiger partial charge in [-0.1, -0.05) is 29.8 Å². The molecule has 31 heavy (non-hydrogen) atoms. The predicted octanol–water partition coefficient (Wildman–Crippen LogP) is 4.63. The fourth-order valence-corrected chi connectivity index (χ4v) is 4.38. The van der Waals surface area contributed by atoms with Crippen LogP contribution < -0.4 is 9.64 Å². The average Bonchev–Trinajstić information content (AvgIpc) is 3.18. The highest BCUT2D eigenvalue weighted by atomic mass is 32.1. The monoisotopic (exact) mass is 436 g/mol. The van der Waals surface area contributed by atoms with Crippen molar-refractivity contribution in [2.24, 2.45) is 0 Å². The zero-order chi connectivity index (χ0) is 22.1. The second kappa shape index (κ2) is 8.51. The van der Waals surface area contributed by atoms with E-state index in [0.29, 0.717) is 24.3 Å². The summed E-state index contributed by atoms with van der Waals surface area (Å²) in [5.74, 6) is -0.879. The smallest absolute Gasteiger partial charge is 0.326 e. The topological polar surface area (TPSA) is 79.7 Å². The molecule has 1 N–H and O–H groups in total. The molecule has 2 unspecified atom stereocenters. The summed E-state index contributed by atoms with van der Waals surface area (Å²) in [5, 5.41) is 12.9. The van der Waals surface area contributed by atoms with Crippen molar-refractivity contribution in [2.75, 3.05) is 4.90 Å². The third kappa shape index (κ3) is 4.32. The maximum atomic E-state index is 13.1. The molecular weight excluding hydrogens is 412 g/mol. The van der Waals surface area contributed by atoms with E-state index in [0.717, 1.165) is 27.4 Å². The number of aryl methyl sites for hydroxylation is 3. The van der Waals surface area contributed by atoms with E-state index in [9.17, 15) is 14.7 Å². The zero-order valence-electron chi connectivity index (χ0n) is 17.7. The van der Waals surface area contributed by atoms with E-state index in [2.05, 4.69) is 4.98 Å². The predicted molar refractivity (Wildman–Crippen MR) is 121 cm³/mol. The number of fused-ring (bicyclic) bond motifs is 1. The molecule has 0 radical (unpaired) electrons. The molecule has 6 nitrogen and oxygen atoms in total. The summed E-state index contributed by atoms with van der Waals surface area (Å²) in [6, 6.07) is 12.5. The lowest BCUT2D eigenvalue weighted by Gasteiger charge is -2.36. The summed E-state index contributed by atoms with van der Waals surface area (Å²) >= 11 is 1.54. The summed E-state index contributed by atoms with van der Waals surface area (Å²) in [4.78, 5) is 31.2. The SMILES string of the molecule is Cc1ccc(CCC(C(=O)O)N2C(=O)C(C)Oc3ccc(-c4csc(C)n4)cc32)cc1. The fraction of sp³-hybridized carbons (Fsp3) is 0.292. The maximum Gasteiger partial charge on any atom is 0.326 e. The van der Waals surface area contributed by atoms with Crippen molar-refractivity contribution in [3.05, 3.63) is 64.0 Å². The Balaban J connectivity index is 1.69. The van der Waals surface area contributed by atoms with Gasteiger partial charge in [-0.05, 0) is 57.4 Å². The molecule has 0 aliphatic carbocycles. The van der Waals surface area contributed by atoms with Gasteiger partial charge in [0.1, 0.15) is 11.8 Å². The highest BCUT2D eigenvalue weighted by molar-refractivity contribution is 7.09. The molecule has 1 aromatic heterocycles. The zero-order valence-corrected chi connectivity index (χ0v) is 18.5. The van der Waals surface area contributed by atoms with Crippen LogP contribution in [0.5, 0.6) is 5.75 Å². The van der Waals surface area contributed by atoms with E-state index >= 15 is 0 Å². The minimum atomic E-state index is -1.03. The summed E-state index contributed by atoms with van der Waals surface area (Å²) in [7, 11) is 0. The van der Waals surface area contributed by atoms with Crippen molar-refractivity contribution in [3.8, 4) is 17.0 Å². The Morgan fingerprint density at radius 3 is 2.61 bits per heavy atom. The van der Waals surface area contributed by atoms with E-state index in [1.807, 2.05) is 49.6 Å². The second-order valence-corrected chi connectivity index (χ2v) is 8.84. The molecule has 3 aromatic rings. The number of carboxylic acid groups (broad SMARTS) is 1. The molecule has 7 heteroatoms. The minimum absolute atomic E-state index is 0.302. The summed E-state index contributed by atoms with van der Waals surface area (Å²) in [6.07, 6.45) is 0.105. The number of carbonyl (C=O) groups is 2. The largest absolute Gasteiger partial charge is 0.480 e. The molecule has 0 saturated carbocycles. The molecule has 160 valence electrons. The normalized spacial score (nSPS) is 16.5. The number of nitrogens with zero attached hydrogens (tertiary/aromatic N) is 2. The third-order valence-electron chi connectivity index (χ3n) is 5.45. The van der Waals surface area contributed by atoms with Crippen LogP contribution in [0.2, 0.25) is 0 Å². The van der Waals surface area contributed by atoms with Crippen molar-refractivity contribution >= 4 is 28.9 Å². The molecule has 2 aromatic carbocycles. The lowest BCUT2D eigenvalue weighted by atomic mass is 10.0. The summed E-state index contributed by atoms with van der Waals surface area (Å²) in [6.45, 7) is 5.59. The van der Waals surface area contributed by atoms with Crippen LogP contribution in [0, 0.1) is 13.8 Å². The second-order valence-electron chi connectivity index (χ2n) is 7.78. The Hall–Kier alpha value is -3.19. The van der Waals surface area contributed by atoms with Gasteiger partial charge in [0.2, 0.25) is 0 Å². The van der Waals surface area contributed by atoms with Gasteiger partial charge < -0.3 is 9.84 Å². The average molecular weight is 437 g/mol. The molecule has 0 saturated heterocycles. The highest BCUT2D eigenvalue weighted by Crippen LogP contribution is 2.39. The van der Waals surface area contributed by atoms with Gasteiger partial charge in [0.25, 0.3) is 5.91 Å². The lowest BCUT2D eigenvalue weighted by Crippen LogP contribution is -2.52. The van der Waals surface area contributed by atoms with Crippen LogP contribution in [-0.4, -0.2) is 34.1 Å². The third-order valence-corrected chi connectivity index (χ3v) is 6.22. The van der Waals surface area contributed by atoms with Crippen LogP contribution in [-0.2, 0) is 16.0 Å². The number of amides is 1. The van der Waals surface area contributed by atoms with Crippen LogP contribution in [0.4, 0.5) is 5.69 Å². The molecule has 1 amide bonds. The molecule has 1 aliphatic heterocycles. The van der Waals surface area contributed by atoms with Gasteiger partial charge in [-0.25, -0.2) is 9.78 Å². The standard InChI is InChI=1S/C24H24N2O4S/c1-14-4-6-17(7-5-14)8-10-20(24(28)29)26-21-12-18(19-13-31-16(3)25-19)9-11-22(21)30-15(2)23(26)27/h4-7,9,11-13,15,20H,8,10H2,1-3H3,(H,28,29). The number of anilines is 1. The van der Waals surface area contributed by atoms with Crippen LogP contribution in [0.15, 0.2) is 47.8 Å². The molecule has 0 fully saturated rings. The van der Waals surface area contributed by atoms with E-state index in [-0.39, 0.29) is 5.91 Å². The quantitative estimate of drug-likeness (QED) is 0.610. The number of aromatic nitrogens is 1. The minimum Gasteiger partial charge on any atom is -0.480 e. The van der Waals surface area contributed by atoms with Crippen LogP contribution in [0.3, 0.4) is 0 Å². The van der Waals surface area contributed by atoms with Crippen molar-refractivity contribution in [1.82, 2.24) is 4.98 Å². The molecule has 0 spiro atoms. The first-order valence-electron chi connectivity index (χ1n) is 10.2. The molecular formula is C24H24N2O4S. The van der Waals surface area contributed by atoms with Gasteiger partial charge in [0.15, 0.2) is 6.10 Å². The number of carboxylic acids is 1. The first kappa shape index (κ1) is 21.1. The Kier molecular flexibility index (Phi) is 5.78. The van der Waals surface area contributed by atoms with E-state index in [4.69, 9.17) is 4.74 Å². The molecule has 2 atom stereocenters. The van der Waals surface area contributed by atoms with E-state index < -0.39 is 18.1 Å². The van der Waals surface area contributed by atoms with Gasteiger partial charge in [-0.3, -0.25) is 9.69 Å². The Bertz CT molecular complexity index is 1120. The van der Waals surface area contributed by atoms with Gasteiger partial charge >= 0.3 is 5.97 Å². The van der Waals surface area contributed by atoms with Gasteiger partial charge in [0, 0.05) is 10.9 Å². The number of rotatable bonds is 6. The van der Waals surface area contributed by atoms with Gasteiger partial charge in [0.05, 0.1) is 16.4 Å². The summed E-state index contributed by atoms with van der Waals surface area (Å²) < 4.78 is 5.77. The number of hydrogen-bond donors (Lipinski definition) is 1. The number of carbonyl (C=O) groups excluding carboxylic acids is 1. The number of thiazole rings is 1. The lowest BCUT2D eigenvalue weighted by molar-refractivity contribution is -0.141. The van der Waals surface area contributed by atoms with Crippen molar-refractivity contribution in [2.45, 2.75) is 45.8 Å². The Labute approximate surface area is 185 Å². The Morgan fingerprint density at radius 1 is 1.23 bits per heavy atom. The molecule has 2 heterocycles. The van der Waals surface area contributed by atoms with Crippen molar-refractivity contribution in [1.29, 1.82) is 0 Å². The Morgan fingerprint density at radius 2 is 1.97 bits per heavy atom. The van der Waals surface area contributed by atoms with Gasteiger partial charge in [-0.15, -0.1) is 11.3 Å². The first-order valence-corrected chi connectivity index (χ1v) is 11.1. The molecule has 4 rings (SSSR count). The van der Waals surface area contributed by atoms with Crippen LogP contribution in [0.25, 0.3) is 11.3 Å². The highest BCUT2D eigenvalue weighted by Gasteiger charge is 2.39. The number of ether oxygens (including phenoxy) is 1. The molecule has 0 bridgehead atoms. The van der Waals surface area contributed by atoms with Crippen LogP contribution in [0.1, 0.15) is 29.5 Å². The van der Waals surface area contributed by atoms with E-state index in [1.165, 1.54) is 16.2 Å².